The lowest BCUT2D eigenvalue weighted by Gasteiger charge is -2.44. The van der Waals surface area contributed by atoms with Gasteiger partial charge in [-0.05, 0) is 34.2 Å². The van der Waals surface area contributed by atoms with Gasteiger partial charge < -0.3 is 15.0 Å². The average Bonchev–Trinajstić information content (AvgIpc) is 2.73. The second-order valence-corrected chi connectivity index (χ2v) is 6.45. The molecule has 18 heavy (non-hydrogen) atoms. The fraction of sp³-hybridized carbons (Fsp3) is 1.00. The minimum absolute atomic E-state index is 0.240. The van der Waals surface area contributed by atoms with Crippen LogP contribution in [0.2, 0.25) is 0 Å². The molecule has 0 radical (unpaired) electrons. The largest absolute Gasteiger partial charge is 0.377 e. The van der Waals surface area contributed by atoms with E-state index in [2.05, 4.69) is 42.9 Å². The highest BCUT2D eigenvalue weighted by molar-refractivity contribution is 4.90. The number of ether oxygens (including phenoxy) is 1. The van der Waals surface area contributed by atoms with Crippen molar-refractivity contribution in [1.29, 1.82) is 0 Å². The van der Waals surface area contributed by atoms with Gasteiger partial charge in [0.1, 0.15) is 0 Å². The van der Waals surface area contributed by atoms with Crippen molar-refractivity contribution >= 4 is 0 Å². The van der Waals surface area contributed by atoms with E-state index in [0.29, 0.717) is 12.1 Å². The fourth-order valence-corrected chi connectivity index (χ4v) is 2.90. The third-order valence-corrected chi connectivity index (χ3v) is 4.53. The molecule has 0 aromatic carbocycles. The number of piperazine rings is 1. The molecule has 0 saturated carbocycles. The highest BCUT2D eigenvalue weighted by Crippen LogP contribution is 2.18. The molecule has 0 spiro atoms. The quantitative estimate of drug-likeness (QED) is 0.803. The van der Waals surface area contributed by atoms with Crippen LogP contribution in [0, 0.1) is 0 Å². The van der Waals surface area contributed by atoms with Gasteiger partial charge in [-0.25, -0.2) is 0 Å². The Morgan fingerprint density at radius 3 is 2.44 bits per heavy atom. The van der Waals surface area contributed by atoms with Crippen LogP contribution in [0.1, 0.15) is 27.2 Å². The van der Waals surface area contributed by atoms with Gasteiger partial charge in [-0.1, -0.05) is 0 Å². The summed E-state index contributed by atoms with van der Waals surface area (Å²) in [6.07, 6.45) is 1.52. The molecule has 2 atom stereocenters. The van der Waals surface area contributed by atoms with E-state index in [1.807, 2.05) is 0 Å². The highest BCUT2D eigenvalue weighted by atomic mass is 16.5. The van der Waals surface area contributed by atoms with E-state index in [1.165, 1.54) is 26.2 Å². The zero-order chi connectivity index (χ0) is 13.2. The first kappa shape index (κ1) is 14.3. The van der Waals surface area contributed by atoms with Crippen molar-refractivity contribution in [3.8, 4) is 0 Å². The van der Waals surface area contributed by atoms with Gasteiger partial charge in [-0.3, -0.25) is 4.90 Å². The molecule has 2 rings (SSSR count). The molecular weight excluding hydrogens is 226 g/mol. The number of nitrogens with zero attached hydrogens (tertiary/aromatic N) is 2. The molecule has 1 N–H and O–H groups in total. The Balaban J connectivity index is 1.79. The van der Waals surface area contributed by atoms with Crippen molar-refractivity contribution in [2.24, 2.45) is 0 Å². The standard InChI is InChI=1S/C14H29N3O/c1-12-13(5-10-18-12)15-11-14(2,3)17-8-6-16(4)7-9-17/h12-13,15H,5-11H2,1-4H3. The fourth-order valence-electron chi connectivity index (χ4n) is 2.90. The van der Waals surface area contributed by atoms with E-state index >= 15 is 0 Å². The van der Waals surface area contributed by atoms with Gasteiger partial charge in [0.25, 0.3) is 0 Å². The molecule has 0 amide bonds. The topological polar surface area (TPSA) is 27.7 Å². The zero-order valence-electron chi connectivity index (χ0n) is 12.4. The molecule has 2 saturated heterocycles. The van der Waals surface area contributed by atoms with E-state index < -0.39 is 0 Å². The minimum Gasteiger partial charge on any atom is -0.377 e. The molecule has 0 bridgehead atoms. The van der Waals surface area contributed by atoms with Crippen molar-refractivity contribution < 1.29 is 4.74 Å². The predicted molar refractivity (Wildman–Crippen MR) is 75.0 cm³/mol. The molecule has 4 heteroatoms. The van der Waals surface area contributed by atoms with Gasteiger partial charge in [-0.2, -0.15) is 0 Å². The van der Waals surface area contributed by atoms with Crippen LogP contribution in [0.15, 0.2) is 0 Å². The molecule has 106 valence electrons. The molecule has 2 fully saturated rings. The molecule has 0 aromatic heterocycles. The Kier molecular flexibility index (Phi) is 4.64. The molecule has 2 aliphatic heterocycles. The third-order valence-electron chi connectivity index (χ3n) is 4.53. The van der Waals surface area contributed by atoms with Gasteiger partial charge >= 0.3 is 0 Å². The normalized spacial score (nSPS) is 32.0. The Morgan fingerprint density at radius 1 is 1.22 bits per heavy atom. The van der Waals surface area contributed by atoms with Gasteiger partial charge in [0.05, 0.1) is 6.10 Å². The van der Waals surface area contributed by atoms with Crippen molar-refractivity contribution in [2.45, 2.75) is 44.9 Å². The summed E-state index contributed by atoms with van der Waals surface area (Å²) in [5.41, 5.74) is 0.240. The van der Waals surface area contributed by atoms with Gasteiger partial charge in [0, 0.05) is 50.9 Å². The lowest BCUT2D eigenvalue weighted by molar-refractivity contribution is 0.0563. The molecule has 2 heterocycles. The van der Waals surface area contributed by atoms with Crippen LogP contribution in [-0.2, 0) is 4.74 Å². The molecular formula is C14H29N3O. The van der Waals surface area contributed by atoms with Crippen molar-refractivity contribution in [2.75, 3.05) is 46.4 Å². The number of likely N-dealkylation sites (N-methyl/N-ethyl adjacent to an activating group) is 1. The Hall–Kier alpha value is -0.160. The summed E-state index contributed by atoms with van der Waals surface area (Å²) in [7, 11) is 2.21. The summed E-state index contributed by atoms with van der Waals surface area (Å²) in [5, 5.41) is 3.70. The number of hydrogen-bond acceptors (Lipinski definition) is 4. The van der Waals surface area contributed by atoms with E-state index in [4.69, 9.17) is 4.74 Å². The smallest absolute Gasteiger partial charge is 0.0700 e. The van der Waals surface area contributed by atoms with Crippen molar-refractivity contribution in [3.63, 3.8) is 0 Å². The number of rotatable bonds is 4. The molecule has 2 unspecified atom stereocenters. The Morgan fingerprint density at radius 2 is 1.89 bits per heavy atom. The van der Waals surface area contributed by atoms with Gasteiger partial charge in [0.2, 0.25) is 0 Å². The highest BCUT2D eigenvalue weighted by Gasteiger charge is 2.31. The second kappa shape index (κ2) is 5.87. The summed E-state index contributed by atoms with van der Waals surface area (Å²) in [4.78, 5) is 5.02. The van der Waals surface area contributed by atoms with Crippen LogP contribution in [-0.4, -0.2) is 73.9 Å². The Bertz CT molecular complexity index is 262. The first-order valence-electron chi connectivity index (χ1n) is 7.27. The Labute approximate surface area is 112 Å². The van der Waals surface area contributed by atoms with Crippen LogP contribution in [0.25, 0.3) is 0 Å². The predicted octanol–water partition coefficient (Wildman–Crippen LogP) is 0.779. The van der Waals surface area contributed by atoms with Crippen LogP contribution in [0.5, 0.6) is 0 Å². The van der Waals surface area contributed by atoms with E-state index in [-0.39, 0.29) is 5.54 Å². The summed E-state index contributed by atoms with van der Waals surface area (Å²) in [6, 6.07) is 0.539. The minimum atomic E-state index is 0.240. The van der Waals surface area contributed by atoms with Gasteiger partial charge in [-0.15, -0.1) is 0 Å². The first-order chi connectivity index (χ1) is 8.49. The number of nitrogens with one attached hydrogen (secondary N) is 1. The van der Waals surface area contributed by atoms with Crippen LogP contribution in [0.4, 0.5) is 0 Å². The number of hydrogen-bond donors (Lipinski definition) is 1. The molecule has 0 aliphatic carbocycles. The van der Waals surface area contributed by atoms with Crippen LogP contribution in [0.3, 0.4) is 0 Å². The maximum absolute atomic E-state index is 5.61. The molecule has 0 aromatic rings. The zero-order valence-corrected chi connectivity index (χ0v) is 12.4. The van der Waals surface area contributed by atoms with Crippen molar-refractivity contribution in [1.82, 2.24) is 15.1 Å². The van der Waals surface area contributed by atoms with E-state index in [0.717, 1.165) is 19.6 Å². The maximum Gasteiger partial charge on any atom is 0.0700 e. The lowest BCUT2D eigenvalue weighted by atomic mass is 10.00. The van der Waals surface area contributed by atoms with Crippen LogP contribution >= 0.6 is 0 Å². The summed E-state index contributed by atoms with van der Waals surface area (Å²) in [6.45, 7) is 13.6. The monoisotopic (exact) mass is 255 g/mol. The van der Waals surface area contributed by atoms with Gasteiger partial charge in [0.15, 0.2) is 0 Å². The maximum atomic E-state index is 5.61. The first-order valence-corrected chi connectivity index (χ1v) is 7.27. The van der Waals surface area contributed by atoms with Crippen molar-refractivity contribution in [3.05, 3.63) is 0 Å². The molecule has 4 nitrogen and oxygen atoms in total. The summed E-state index contributed by atoms with van der Waals surface area (Å²) >= 11 is 0. The summed E-state index contributed by atoms with van der Waals surface area (Å²) < 4.78 is 5.61. The lowest BCUT2D eigenvalue weighted by Crippen LogP contribution is -2.58. The third kappa shape index (κ3) is 3.44. The second-order valence-electron chi connectivity index (χ2n) is 6.45. The van der Waals surface area contributed by atoms with Crippen LogP contribution < -0.4 is 5.32 Å². The SMILES string of the molecule is CC1OCCC1NCC(C)(C)N1CCN(C)CC1. The van der Waals surface area contributed by atoms with E-state index in [9.17, 15) is 0 Å². The average molecular weight is 255 g/mol. The summed E-state index contributed by atoms with van der Waals surface area (Å²) in [5.74, 6) is 0. The van der Waals surface area contributed by atoms with E-state index in [1.54, 1.807) is 0 Å². The molecule has 2 aliphatic rings.